The number of nitrogens with two attached hydrogens (primary N) is 1. The fraction of sp³-hybridized carbons (Fsp3) is 0.500. The number of esters is 1. The molecule has 4 nitrogen and oxygen atoms in total. The zero-order valence-corrected chi connectivity index (χ0v) is 11.2. The van der Waals surface area contributed by atoms with Crippen molar-refractivity contribution in [2.24, 2.45) is 5.73 Å². The van der Waals surface area contributed by atoms with Crippen LogP contribution in [0.2, 0.25) is 0 Å². The van der Waals surface area contributed by atoms with Crippen LogP contribution in [-0.4, -0.2) is 24.2 Å². The van der Waals surface area contributed by atoms with Crippen LogP contribution in [0.15, 0.2) is 18.2 Å². The van der Waals surface area contributed by atoms with Crippen molar-refractivity contribution in [3.63, 3.8) is 0 Å². The molecule has 0 spiro atoms. The summed E-state index contributed by atoms with van der Waals surface area (Å²) in [7, 11) is 0. The molecule has 0 amide bonds. The quantitative estimate of drug-likeness (QED) is 0.861. The highest BCUT2D eigenvalue weighted by Crippen LogP contribution is 2.32. The van der Waals surface area contributed by atoms with E-state index in [1.807, 2.05) is 0 Å². The molecule has 0 bridgehead atoms. The molecule has 20 heavy (non-hydrogen) atoms. The molecule has 1 saturated carbocycles. The van der Waals surface area contributed by atoms with Crippen molar-refractivity contribution in [3.05, 3.63) is 29.8 Å². The molecule has 2 rings (SSSR count). The first-order valence-electron chi connectivity index (χ1n) is 6.52. The van der Waals surface area contributed by atoms with Gasteiger partial charge in [-0.15, -0.1) is 0 Å². The van der Waals surface area contributed by atoms with Crippen molar-refractivity contribution in [2.75, 3.05) is 6.61 Å². The van der Waals surface area contributed by atoms with Crippen molar-refractivity contribution in [2.45, 2.75) is 37.8 Å². The van der Waals surface area contributed by atoms with Gasteiger partial charge in [-0.2, -0.15) is 0 Å². The maximum Gasteiger partial charge on any atom is 0.326 e. The predicted octanol–water partition coefficient (Wildman–Crippen LogP) is 2.16. The van der Waals surface area contributed by atoms with Gasteiger partial charge in [-0.3, -0.25) is 4.79 Å². The lowest BCUT2D eigenvalue weighted by atomic mass is 9.99. The van der Waals surface area contributed by atoms with E-state index in [1.165, 1.54) is 6.07 Å². The molecule has 1 aliphatic rings. The van der Waals surface area contributed by atoms with Crippen LogP contribution in [0.3, 0.4) is 0 Å². The predicted molar refractivity (Wildman–Crippen MR) is 68.2 cm³/mol. The first kappa shape index (κ1) is 14.7. The van der Waals surface area contributed by atoms with Gasteiger partial charge in [0.1, 0.15) is 17.5 Å². The van der Waals surface area contributed by atoms with E-state index in [9.17, 15) is 13.6 Å². The van der Waals surface area contributed by atoms with Gasteiger partial charge in [0, 0.05) is 12.5 Å². The van der Waals surface area contributed by atoms with Crippen LogP contribution in [0.1, 0.15) is 26.2 Å². The SMILES string of the molecule is CCOC(=O)C1(N)CCC(Oc2ccc(F)cc2F)C1. The number of hydrogen-bond donors (Lipinski definition) is 1. The maximum absolute atomic E-state index is 13.5. The van der Waals surface area contributed by atoms with Gasteiger partial charge in [0.05, 0.1) is 6.61 Å². The third kappa shape index (κ3) is 3.07. The Hall–Kier alpha value is -1.69. The smallest absolute Gasteiger partial charge is 0.326 e. The Bertz CT molecular complexity index is 509. The Kier molecular flexibility index (Phi) is 4.23. The average molecular weight is 285 g/mol. The van der Waals surface area contributed by atoms with E-state index in [0.29, 0.717) is 12.8 Å². The van der Waals surface area contributed by atoms with Gasteiger partial charge in [0.15, 0.2) is 11.6 Å². The van der Waals surface area contributed by atoms with Gasteiger partial charge < -0.3 is 15.2 Å². The standard InChI is InChI=1S/C14H17F2NO3/c1-2-19-13(18)14(17)6-5-10(8-14)20-12-4-3-9(15)7-11(12)16/h3-4,7,10H,2,5-6,8,17H2,1H3. The Labute approximate surface area is 115 Å². The molecule has 0 radical (unpaired) electrons. The lowest BCUT2D eigenvalue weighted by Gasteiger charge is -2.21. The number of ether oxygens (including phenoxy) is 2. The average Bonchev–Trinajstić information content (AvgIpc) is 2.76. The highest BCUT2D eigenvalue weighted by atomic mass is 19.1. The summed E-state index contributed by atoms with van der Waals surface area (Å²) in [5.41, 5.74) is 4.90. The number of hydrogen-bond acceptors (Lipinski definition) is 4. The first-order valence-corrected chi connectivity index (χ1v) is 6.52. The minimum atomic E-state index is -1.09. The number of carbonyl (C=O) groups excluding carboxylic acids is 1. The van der Waals surface area contributed by atoms with Gasteiger partial charge in [-0.25, -0.2) is 8.78 Å². The molecule has 0 aromatic heterocycles. The third-order valence-electron chi connectivity index (χ3n) is 3.37. The molecule has 0 aliphatic heterocycles. The lowest BCUT2D eigenvalue weighted by Crippen LogP contribution is -2.47. The zero-order valence-electron chi connectivity index (χ0n) is 11.2. The number of rotatable bonds is 4. The molecular formula is C14H17F2NO3. The lowest BCUT2D eigenvalue weighted by molar-refractivity contribution is -0.149. The van der Waals surface area contributed by atoms with Crippen LogP contribution in [0, 0.1) is 11.6 Å². The molecule has 1 fully saturated rings. The van der Waals surface area contributed by atoms with E-state index in [2.05, 4.69) is 0 Å². The van der Waals surface area contributed by atoms with Crippen LogP contribution < -0.4 is 10.5 Å². The number of carbonyl (C=O) groups is 1. The van der Waals surface area contributed by atoms with Crippen molar-refractivity contribution in [3.8, 4) is 5.75 Å². The van der Waals surface area contributed by atoms with E-state index in [1.54, 1.807) is 6.92 Å². The van der Waals surface area contributed by atoms with Crippen LogP contribution in [0.25, 0.3) is 0 Å². The second kappa shape index (κ2) is 5.75. The Morgan fingerprint density at radius 1 is 1.50 bits per heavy atom. The fourth-order valence-electron chi connectivity index (χ4n) is 2.34. The van der Waals surface area contributed by atoms with Gasteiger partial charge in [-0.1, -0.05) is 0 Å². The zero-order chi connectivity index (χ0) is 14.8. The minimum Gasteiger partial charge on any atom is -0.487 e. The van der Waals surface area contributed by atoms with E-state index in [-0.39, 0.29) is 24.9 Å². The van der Waals surface area contributed by atoms with E-state index in [4.69, 9.17) is 15.2 Å². The van der Waals surface area contributed by atoms with Crippen molar-refractivity contribution in [1.82, 2.24) is 0 Å². The van der Waals surface area contributed by atoms with Gasteiger partial charge >= 0.3 is 5.97 Å². The summed E-state index contributed by atoms with van der Waals surface area (Å²) in [4.78, 5) is 11.8. The van der Waals surface area contributed by atoms with Crippen LogP contribution in [-0.2, 0) is 9.53 Å². The van der Waals surface area contributed by atoms with Crippen molar-refractivity contribution in [1.29, 1.82) is 0 Å². The third-order valence-corrected chi connectivity index (χ3v) is 3.37. The molecule has 0 saturated heterocycles. The molecule has 6 heteroatoms. The summed E-state index contributed by atoms with van der Waals surface area (Å²) in [6, 6.07) is 3.10. The maximum atomic E-state index is 13.5. The Balaban J connectivity index is 2.01. The van der Waals surface area contributed by atoms with Crippen LogP contribution >= 0.6 is 0 Å². The second-order valence-corrected chi connectivity index (χ2v) is 4.93. The van der Waals surface area contributed by atoms with Crippen molar-refractivity contribution < 1.29 is 23.0 Å². The van der Waals surface area contributed by atoms with Crippen molar-refractivity contribution >= 4 is 5.97 Å². The summed E-state index contributed by atoms with van der Waals surface area (Å²) < 4.78 is 36.7. The number of benzene rings is 1. The highest BCUT2D eigenvalue weighted by Gasteiger charge is 2.44. The van der Waals surface area contributed by atoms with Gasteiger partial charge in [-0.05, 0) is 31.9 Å². The van der Waals surface area contributed by atoms with E-state index in [0.717, 1.165) is 12.1 Å². The van der Waals surface area contributed by atoms with Gasteiger partial charge in [0.2, 0.25) is 0 Å². The molecule has 110 valence electrons. The van der Waals surface area contributed by atoms with Crippen LogP contribution in [0.5, 0.6) is 5.75 Å². The minimum absolute atomic E-state index is 0.0375. The topological polar surface area (TPSA) is 61.5 Å². The molecule has 1 aromatic carbocycles. The molecule has 1 aromatic rings. The summed E-state index contributed by atoms with van der Waals surface area (Å²) in [5, 5.41) is 0. The molecule has 2 atom stereocenters. The molecule has 0 heterocycles. The van der Waals surface area contributed by atoms with Crippen LogP contribution in [0.4, 0.5) is 8.78 Å². The second-order valence-electron chi connectivity index (χ2n) is 4.93. The number of halogens is 2. The highest BCUT2D eigenvalue weighted by molar-refractivity contribution is 5.81. The molecule has 2 N–H and O–H groups in total. The fourth-order valence-corrected chi connectivity index (χ4v) is 2.34. The Morgan fingerprint density at radius 3 is 2.90 bits per heavy atom. The van der Waals surface area contributed by atoms with Gasteiger partial charge in [0.25, 0.3) is 0 Å². The monoisotopic (exact) mass is 285 g/mol. The largest absolute Gasteiger partial charge is 0.487 e. The van der Waals surface area contributed by atoms with E-state index < -0.39 is 23.1 Å². The molecule has 2 unspecified atom stereocenters. The summed E-state index contributed by atoms with van der Waals surface area (Å²) in [6.07, 6.45) is 0.804. The summed E-state index contributed by atoms with van der Waals surface area (Å²) in [5.74, 6) is -1.94. The Morgan fingerprint density at radius 2 is 2.25 bits per heavy atom. The summed E-state index contributed by atoms with van der Waals surface area (Å²) >= 11 is 0. The van der Waals surface area contributed by atoms with E-state index >= 15 is 0 Å². The normalized spacial score (nSPS) is 25.5. The first-order chi connectivity index (χ1) is 9.44. The molecule has 1 aliphatic carbocycles. The summed E-state index contributed by atoms with van der Waals surface area (Å²) in [6.45, 7) is 1.97. The molecular weight excluding hydrogens is 268 g/mol.